The lowest BCUT2D eigenvalue weighted by Crippen LogP contribution is -1.94. The number of imidazole rings is 1. The third-order valence-electron chi connectivity index (χ3n) is 1.43. The molecule has 0 N–H and O–H groups in total. The molecular formula is C11H19N3. The first-order chi connectivity index (χ1) is 6.59. The van der Waals surface area contributed by atoms with Crippen molar-refractivity contribution < 1.29 is 0 Å². The summed E-state index contributed by atoms with van der Waals surface area (Å²) in [4.78, 5) is 8.32. The first-order valence-electron chi connectivity index (χ1n) is 4.79. The highest BCUT2D eigenvalue weighted by Crippen LogP contribution is 1.97. The summed E-state index contributed by atoms with van der Waals surface area (Å²) in [5.74, 6) is 0.857. The van der Waals surface area contributed by atoms with Crippen LogP contribution in [-0.2, 0) is 7.05 Å². The van der Waals surface area contributed by atoms with E-state index < -0.39 is 0 Å². The number of hydrogen-bond acceptors (Lipinski definition) is 2. The second-order valence-electron chi connectivity index (χ2n) is 2.84. The number of aliphatic imine (C=N–C) groups is 1. The molecule has 78 valence electrons. The summed E-state index contributed by atoms with van der Waals surface area (Å²) < 4.78 is 1.93. The van der Waals surface area contributed by atoms with E-state index in [0.29, 0.717) is 0 Å². The summed E-state index contributed by atoms with van der Waals surface area (Å²) in [6, 6.07) is 0. The second kappa shape index (κ2) is 6.13. The standard InChI is InChI=1S/C9H13N3.C2H6/c1-7(2)10-5-9-11-8(3)6-12(9)4;1-2/h5-6H,1H2,2-4H3;1-2H3. The van der Waals surface area contributed by atoms with Gasteiger partial charge < -0.3 is 4.57 Å². The van der Waals surface area contributed by atoms with E-state index in [9.17, 15) is 0 Å². The summed E-state index contributed by atoms with van der Waals surface area (Å²) in [5.41, 5.74) is 1.79. The molecule has 3 heteroatoms. The second-order valence-corrected chi connectivity index (χ2v) is 2.84. The minimum absolute atomic E-state index is 0.788. The molecule has 0 aliphatic rings. The van der Waals surface area contributed by atoms with Crippen molar-refractivity contribution in [3.8, 4) is 0 Å². The lowest BCUT2D eigenvalue weighted by Gasteiger charge is -1.91. The maximum atomic E-state index is 4.25. The van der Waals surface area contributed by atoms with E-state index >= 15 is 0 Å². The van der Waals surface area contributed by atoms with Gasteiger partial charge in [0.05, 0.1) is 11.9 Å². The van der Waals surface area contributed by atoms with Crippen LogP contribution in [0.4, 0.5) is 0 Å². The number of aromatic nitrogens is 2. The Labute approximate surface area is 86.2 Å². The predicted molar refractivity (Wildman–Crippen MR) is 61.7 cm³/mol. The largest absolute Gasteiger partial charge is 0.333 e. The molecule has 0 fully saturated rings. The Kier molecular flexibility index (Phi) is 5.53. The van der Waals surface area contributed by atoms with Crippen molar-refractivity contribution in [3.63, 3.8) is 0 Å². The van der Waals surface area contributed by atoms with Crippen LogP contribution in [0.5, 0.6) is 0 Å². The van der Waals surface area contributed by atoms with E-state index in [1.165, 1.54) is 0 Å². The average molecular weight is 193 g/mol. The molecule has 0 amide bonds. The van der Waals surface area contributed by atoms with Crippen LogP contribution in [-0.4, -0.2) is 15.8 Å². The van der Waals surface area contributed by atoms with Gasteiger partial charge in [0.25, 0.3) is 0 Å². The molecule has 1 aromatic rings. The van der Waals surface area contributed by atoms with Gasteiger partial charge in [-0.3, -0.25) is 4.99 Å². The van der Waals surface area contributed by atoms with Gasteiger partial charge in [-0.25, -0.2) is 4.98 Å². The Morgan fingerprint density at radius 3 is 2.50 bits per heavy atom. The zero-order chi connectivity index (χ0) is 11.1. The molecule has 0 radical (unpaired) electrons. The van der Waals surface area contributed by atoms with E-state index in [-0.39, 0.29) is 0 Å². The monoisotopic (exact) mass is 193 g/mol. The van der Waals surface area contributed by atoms with Crippen LogP contribution < -0.4 is 0 Å². The molecule has 0 aromatic carbocycles. The summed E-state index contributed by atoms with van der Waals surface area (Å²) in [5, 5.41) is 0. The number of aryl methyl sites for hydroxylation is 2. The van der Waals surface area contributed by atoms with Crippen LogP contribution in [0.1, 0.15) is 32.3 Å². The fraction of sp³-hybridized carbons (Fsp3) is 0.455. The van der Waals surface area contributed by atoms with Crippen LogP contribution in [0.15, 0.2) is 23.5 Å². The van der Waals surface area contributed by atoms with Gasteiger partial charge in [-0.1, -0.05) is 20.4 Å². The number of hydrogen-bond donors (Lipinski definition) is 0. The van der Waals surface area contributed by atoms with Gasteiger partial charge in [0.1, 0.15) is 0 Å². The number of allylic oxidation sites excluding steroid dienone is 1. The van der Waals surface area contributed by atoms with Crippen molar-refractivity contribution in [1.29, 1.82) is 0 Å². The lowest BCUT2D eigenvalue weighted by molar-refractivity contribution is 0.901. The maximum absolute atomic E-state index is 4.25. The molecule has 0 saturated carbocycles. The van der Waals surface area contributed by atoms with Crippen molar-refractivity contribution in [2.75, 3.05) is 0 Å². The molecule has 1 aromatic heterocycles. The zero-order valence-corrected chi connectivity index (χ0v) is 9.70. The van der Waals surface area contributed by atoms with Gasteiger partial charge in [-0.05, 0) is 13.8 Å². The van der Waals surface area contributed by atoms with E-state index in [1.54, 1.807) is 6.21 Å². The fourth-order valence-corrected chi connectivity index (χ4v) is 0.923. The van der Waals surface area contributed by atoms with Crippen molar-refractivity contribution in [2.45, 2.75) is 27.7 Å². The predicted octanol–water partition coefficient (Wildman–Crippen LogP) is 2.71. The minimum atomic E-state index is 0.788. The summed E-state index contributed by atoms with van der Waals surface area (Å²) in [7, 11) is 1.94. The van der Waals surface area contributed by atoms with Crippen LogP contribution >= 0.6 is 0 Å². The molecule has 0 saturated heterocycles. The molecule has 0 atom stereocenters. The summed E-state index contributed by atoms with van der Waals surface area (Å²) in [6.45, 7) is 11.5. The molecule has 0 aliphatic heterocycles. The maximum Gasteiger partial charge on any atom is 0.151 e. The average Bonchev–Trinajstić information content (AvgIpc) is 2.45. The highest BCUT2D eigenvalue weighted by Gasteiger charge is 1.96. The molecule has 0 bridgehead atoms. The molecule has 1 rings (SSSR count). The molecule has 14 heavy (non-hydrogen) atoms. The summed E-state index contributed by atoms with van der Waals surface area (Å²) in [6.07, 6.45) is 3.68. The van der Waals surface area contributed by atoms with Crippen LogP contribution in [0, 0.1) is 6.92 Å². The fourth-order valence-electron chi connectivity index (χ4n) is 0.923. The van der Waals surface area contributed by atoms with Crippen molar-refractivity contribution >= 4 is 6.21 Å². The number of rotatable bonds is 2. The van der Waals surface area contributed by atoms with Crippen molar-refractivity contribution in [1.82, 2.24) is 9.55 Å². The first kappa shape index (κ1) is 12.6. The quantitative estimate of drug-likeness (QED) is 0.664. The Balaban J connectivity index is 0.000000791. The molecule has 3 nitrogen and oxygen atoms in total. The van der Waals surface area contributed by atoms with Gasteiger partial charge >= 0.3 is 0 Å². The Morgan fingerprint density at radius 2 is 2.14 bits per heavy atom. The van der Waals surface area contributed by atoms with Gasteiger partial charge in [-0.15, -0.1) is 0 Å². The topological polar surface area (TPSA) is 30.2 Å². The first-order valence-corrected chi connectivity index (χ1v) is 4.79. The highest BCUT2D eigenvalue weighted by molar-refractivity contribution is 5.75. The third kappa shape index (κ3) is 4.03. The zero-order valence-electron chi connectivity index (χ0n) is 9.70. The molecule has 0 spiro atoms. The van der Waals surface area contributed by atoms with Gasteiger partial charge in [0.2, 0.25) is 0 Å². The van der Waals surface area contributed by atoms with E-state index in [1.807, 2.05) is 45.5 Å². The number of nitrogens with zero attached hydrogens (tertiary/aromatic N) is 3. The Hall–Kier alpha value is -1.38. The van der Waals surface area contributed by atoms with Gasteiger partial charge in [-0.2, -0.15) is 0 Å². The Morgan fingerprint density at radius 1 is 1.57 bits per heavy atom. The van der Waals surface area contributed by atoms with Crippen LogP contribution in [0.25, 0.3) is 0 Å². The van der Waals surface area contributed by atoms with E-state index in [0.717, 1.165) is 17.2 Å². The SMILES string of the molecule is C=C(C)N=Cc1nc(C)cn1C.CC. The molecule has 0 unspecified atom stereocenters. The van der Waals surface area contributed by atoms with Gasteiger partial charge in [0, 0.05) is 18.9 Å². The van der Waals surface area contributed by atoms with Crippen molar-refractivity contribution in [2.24, 2.45) is 12.0 Å². The van der Waals surface area contributed by atoms with E-state index in [2.05, 4.69) is 16.6 Å². The molecule has 0 aliphatic carbocycles. The third-order valence-corrected chi connectivity index (χ3v) is 1.43. The van der Waals surface area contributed by atoms with Crippen LogP contribution in [0.2, 0.25) is 0 Å². The van der Waals surface area contributed by atoms with Crippen LogP contribution in [0.3, 0.4) is 0 Å². The molecular weight excluding hydrogens is 174 g/mol. The Bertz CT molecular complexity index is 321. The lowest BCUT2D eigenvalue weighted by atomic mass is 10.5. The molecule has 1 heterocycles. The van der Waals surface area contributed by atoms with E-state index in [4.69, 9.17) is 0 Å². The highest BCUT2D eigenvalue weighted by atomic mass is 15.0. The normalized spacial score (nSPS) is 9.79. The summed E-state index contributed by atoms with van der Waals surface area (Å²) >= 11 is 0. The van der Waals surface area contributed by atoms with Crippen molar-refractivity contribution in [3.05, 3.63) is 30.0 Å². The smallest absolute Gasteiger partial charge is 0.151 e. The minimum Gasteiger partial charge on any atom is -0.333 e. The van der Waals surface area contributed by atoms with Gasteiger partial charge in [0.15, 0.2) is 5.82 Å².